The summed E-state index contributed by atoms with van der Waals surface area (Å²) in [6.45, 7) is 2.92. The number of methoxy groups -OCH3 is 1. The van der Waals surface area contributed by atoms with Crippen LogP contribution in [0.4, 0.5) is 5.13 Å². The summed E-state index contributed by atoms with van der Waals surface area (Å²) in [6, 6.07) is 8.08. The number of benzene rings is 1. The lowest BCUT2D eigenvalue weighted by molar-refractivity contribution is 0.337. The monoisotopic (exact) mass is 327 g/mol. The molecule has 0 atom stereocenters. The Balaban J connectivity index is 1.58. The molecule has 1 aromatic carbocycles. The third-order valence-electron chi connectivity index (χ3n) is 3.85. The van der Waals surface area contributed by atoms with Crippen LogP contribution >= 0.6 is 11.3 Å². The minimum atomic E-state index is 0.635. The average molecular weight is 327 g/mol. The van der Waals surface area contributed by atoms with Gasteiger partial charge in [-0.15, -0.1) is 11.3 Å². The first-order valence-electron chi connectivity index (χ1n) is 7.68. The zero-order chi connectivity index (χ0) is 16.1. The van der Waals surface area contributed by atoms with Gasteiger partial charge in [-0.3, -0.25) is 4.90 Å². The van der Waals surface area contributed by atoms with Gasteiger partial charge >= 0.3 is 0 Å². The molecule has 5 heteroatoms. The highest BCUT2D eigenvalue weighted by Gasteiger charge is 2.14. The molecule has 0 spiro atoms. The molecule has 2 aromatic rings. The van der Waals surface area contributed by atoms with E-state index in [1.807, 2.05) is 23.6 Å². The van der Waals surface area contributed by atoms with Crippen LogP contribution in [0, 0.1) is 0 Å². The molecule has 0 unspecified atom stereocenters. The van der Waals surface area contributed by atoms with Crippen molar-refractivity contribution in [1.29, 1.82) is 0 Å². The standard InChI is InChI=1S/C18H21N3OS/c1-22-16-8-2-5-14(11-16)6-3-9-21-10-4-7-15(12-21)17-13-23-18(19)20-17/h2-3,5-8,11,13H,4,9-10,12H2,1H3,(H2,19,20). The first-order chi connectivity index (χ1) is 11.2. The van der Waals surface area contributed by atoms with E-state index in [9.17, 15) is 0 Å². The van der Waals surface area contributed by atoms with Crippen LogP contribution in [0.15, 0.2) is 41.8 Å². The molecular weight excluding hydrogens is 306 g/mol. The van der Waals surface area contributed by atoms with Crippen LogP contribution in [0.2, 0.25) is 0 Å². The maximum atomic E-state index is 5.73. The summed E-state index contributed by atoms with van der Waals surface area (Å²) in [7, 11) is 1.69. The molecule has 0 saturated carbocycles. The minimum Gasteiger partial charge on any atom is -0.497 e. The van der Waals surface area contributed by atoms with Crippen LogP contribution in [0.1, 0.15) is 17.7 Å². The maximum absolute atomic E-state index is 5.73. The van der Waals surface area contributed by atoms with Gasteiger partial charge in [-0.25, -0.2) is 4.98 Å². The molecule has 4 nitrogen and oxygen atoms in total. The fraction of sp³-hybridized carbons (Fsp3) is 0.278. The Kier molecular flexibility index (Phi) is 5.10. The molecule has 23 heavy (non-hydrogen) atoms. The number of nitrogens with two attached hydrogens (primary N) is 1. The van der Waals surface area contributed by atoms with Gasteiger partial charge in [0.15, 0.2) is 5.13 Å². The van der Waals surface area contributed by atoms with E-state index in [1.54, 1.807) is 7.11 Å². The number of thiazole rings is 1. The van der Waals surface area contributed by atoms with Crippen molar-refractivity contribution in [3.05, 3.63) is 53.1 Å². The quantitative estimate of drug-likeness (QED) is 0.912. The summed E-state index contributed by atoms with van der Waals surface area (Å²) in [6.07, 6.45) is 7.67. The van der Waals surface area contributed by atoms with Gasteiger partial charge in [-0.05, 0) is 29.7 Å². The summed E-state index contributed by atoms with van der Waals surface area (Å²) < 4.78 is 5.25. The SMILES string of the molecule is COc1cccc(C=CCN2CCC=C(c3csc(N)n3)C2)c1. The van der Waals surface area contributed by atoms with Crippen molar-refractivity contribution in [3.8, 4) is 5.75 Å². The van der Waals surface area contributed by atoms with Gasteiger partial charge in [-0.1, -0.05) is 30.4 Å². The molecule has 0 bridgehead atoms. The molecule has 2 N–H and O–H groups in total. The normalized spacial score (nSPS) is 15.8. The second-order valence-corrected chi connectivity index (χ2v) is 6.39. The molecule has 120 valence electrons. The van der Waals surface area contributed by atoms with Gasteiger partial charge in [-0.2, -0.15) is 0 Å². The molecule has 0 radical (unpaired) electrons. The Hall–Kier alpha value is -2.11. The topological polar surface area (TPSA) is 51.4 Å². The molecular formula is C18H21N3OS. The van der Waals surface area contributed by atoms with Gasteiger partial charge < -0.3 is 10.5 Å². The molecule has 0 aliphatic carbocycles. The number of nitrogens with zero attached hydrogens (tertiary/aromatic N) is 2. The molecule has 0 saturated heterocycles. The number of anilines is 1. The van der Waals surface area contributed by atoms with Crippen LogP contribution in [0.5, 0.6) is 5.75 Å². The zero-order valence-electron chi connectivity index (χ0n) is 13.2. The van der Waals surface area contributed by atoms with E-state index in [-0.39, 0.29) is 0 Å². The van der Waals surface area contributed by atoms with Crippen molar-refractivity contribution in [3.63, 3.8) is 0 Å². The van der Waals surface area contributed by atoms with Crippen LogP contribution in [0.25, 0.3) is 11.6 Å². The van der Waals surface area contributed by atoms with Gasteiger partial charge in [0.25, 0.3) is 0 Å². The molecule has 0 fully saturated rings. The third kappa shape index (κ3) is 4.21. The van der Waals surface area contributed by atoms with E-state index in [0.29, 0.717) is 5.13 Å². The lowest BCUT2D eigenvalue weighted by atomic mass is 10.1. The number of hydrogen-bond acceptors (Lipinski definition) is 5. The number of ether oxygens (including phenoxy) is 1. The van der Waals surface area contributed by atoms with Crippen LogP contribution in [0.3, 0.4) is 0 Å². The second kappa shape index (κ2) is 7.44. The van der Waals surface area contributed by atoms with E-state index < -0.39 is 0 Å². The highest BCUT2D eigenvalue weighted by molar-refractivity contribution is 7.13. The van der Waals surface area contributed by atoms with E-state index in [4.69, 9.17) is 10.5 Å². The van der Waals surface area contributed by atoms with Crippen molar-refractivity contribution < 1.29 is 4.74 Å². The predicted molar refractivity (Wildman–Crippen MR) is 97.6 cm³/mol. The first kappa shape index (κ1) is 15.8. The minimum absolute atomic E-state index is 0.635. The average Bonchev–Trinajstić information content (AvgIpc) is 3.02. The third-order valence-corrected chi connectivity index (χ3v) is 4.52. The van der Waals surface area contributed by atoms with E-state index in [0.717, 1.165) is 43.1 Å². The highest BCUT2D eigenvalue weighted by Crippen LogP contribution is 2.23. The number of aromatic nitrogens is 1. The Bertz CT molecular complexity index is 721. The summed E-state index contributed by atoms with van der Waals surface area (Å²) in [5, 5.41) is 2.67. The summed E-state index contributed by atoms with van der Waals surface area (Å²) >= 11 is 1.50. The zero-order valence-corrected chi connectivity index (χ0v) is 14.1. The number of nitrogen functional groups attached to an aromatic ring is 1. The first-order valence-corrected chi connectivity index (χ1v) is 8.56. The van der Waals surface area contributed by atoms with Crippen LogP contribution < -0.4 is 10.5 Å². The number of rotatable bonds is 5. The largest absolute Gasteiger partial charge is 0.497 e. The highest BCUT2D eigenvalue weighted by atomic mass is 32.1. The molecule has 1 aromatic heterocycles. The van der Waals surface area contributed by atoms with Crippen molar-refractivity contribution in [2.45, 2.75) is 6.42 Å². The predicted octanol–water partition coefficient (Wildman–Crippen LogP) is 3.54. The molecule has 3 rings (SSSR count). The lowest BCUT2D eigenvalue weighted by Gasteiger charge is -2.25. The van der Waals surface area contributed by atoms with E-state index >= 15 is 0 Å². The molecule has 1 aliphatic rings. The van der Waals surface area contributed by atoms with E-state index in [1.165, 1.54) is 16.9 Å². The molecule has 2 heterocycles. The lowest BCUT2D eigenvalue weighted by Crippen LogP contribution is -2.29. The van der Waals surface area contributed by atoms with Gasteiger partial charge in [0, 0.05) is 25.0 Å². The Morgan fingerprint density at radius 1 is 1.43 bits per heavy atom. The second-order valence-electron chi connectivity index (χ2n) is 5.50. The van der Waals surface area contributed by atoms with Crippen LogP contribution in [-0.4, -0.2) is 36.6 Å². The van der Waals surface area contributed by atoms with Gasteiger partial charge in [0.05, 0.1) is 12.8 Å². The Labute approximate surface area is 140 Å². The van der Waals surface area contributed by atoms with Crippen LogP contribution in [-0.2, 0) is 0 Å². The summed E-state index contributed by atoms with van der Waals surface area (Å²) in [5.74, 6) is 0.886. The van der Waals surface area contributed by atoms with Crippen molar-refractivity contribution in [1.82, 2.24) is 9.88 Å². The van der Waals surface area contributed by atoms with E-state index in [2.05, 4.69) is 34.2 Å². The molecule has 0 amide bonds. The Morgan fingerprint density at radius 3 is 3.13 bits per heavy atom. The van der Waals surface area contributed by atoms with Gasteiger partial charge in [0.1, 0.15) is 5.75 Å². The Morgan fingerprint density at radius 2 is 2.35 bits per heavy atom. The number of hydrogen-bond donors (Lipinski definition) is 1. The van der Waals surface area contributed by atoms with Crippen molar-refractivity contribution in [2.75, 3.05) is 32.5 Å². The van der Waals surface area contributed by atoms with Crippen molar-refractivity contribution >= 4 is 28.1 Å². The van der Waals surface area contributed by atoms with Crippen molar-refractivity contribution in [2.24, 2.45) is 0 Å². The summed E-state index contributed by atoms with van der Waals surface area (Å²) in [5.41, 5.74) is 9.19. The van der Waals surface area contributed by atoms with Gasteiger partial charge in [0.2, 0.25) is 0 Å². The fourth-order valence-electron chi connectivity index (χ4n) is 2.67. The maximum Gasteiger partial charge on any atom is 0.180 e. The fourth-order valence-corrected chi connectivity index (χ4v) is 3.25. The molecule has 1 aliphatic heterocycles. The summed E-state index contributed by atoms with van der Waals surface area (Å²) in [4.78, 5) is 6.80. The smallest absolute Gasteiger partial charge is 0.180 e.